The van der Waals surface area contributed by atoms with Crippen LogP contribution in [0.5, 0.6) is 0 Å². The van der Waals surface area contributed by atoms with Gasteiger partial charge in [-0.25, -0.2) is 0 Å². The third kappa shape index (κ3) is 2.42. The van der Waals surface area contributed by atoms with E-state index in [9.17, 15) is 0 Å². The molecule has 0 amide bonds. The highest BCUT2D eigenvalue weighted by Gasteiger charge is 2.25. The highest BCUT2D eigenvalue weighted by molar-refractivity contribution is 5.85. The number of halogens is 1. The molecule has 0 saturated carbocycles. The Balaban J connectivity index is 0.000000810. The zero-order valence-corrected chi connectivity index (χ0v) is 6.78. The highest BCUT2D eigenvalue weighted by Crippen LogP contribution is 2.12. The molecule has 1 aliphatic heterocycles. The van der Waals surface area contributed by atoms with Crippen molar-refractivity contribution in [3.8, 4) is 0 Å². The number of piperidine rings is 1. The van der Waals surface area contributed by atoms with Crippen LogP contribution in [0.4, 0.5) is 0 Å². The van der Waals surface area contributed by atoms with Gasteiger partial charge in [0.1, 0.15) is 0 Å². The number of hydrogen-bond donors (Lipinski definition) is 3. The van der Waals surface area contributed by atoms with Gasteiger partial charge in [-0.2, -0.15) is 0 Å². The lowest BCUT2D eigenvalue weighted by molar-refractivity contribution is 0.163. The minimum Gasteiger partial charge on any atom is -0.394 e. The van der Waals surface area contributed by atoms with Crippen molar-refractivity contribution >= 4 is 12.4 Å². The fourth-order valence-corrected chi connectivity index (χ4v) is 1.08. The average molecular weight is 167 g/mol. The van der Waals surface area contributed by atoms with Crippen molar-refractivity contribution in [3.63, 3.8) is 0 Å². The summed E-state index contributed by atoms with van der Waals surface area (Å²) in [6.45, 7) is 2.00. The summed E-state index contributed by atoms with van der Waals surface area (Å²) in [5.74, 6) is 0. The van der Waals surface area contributed by atoms with Gasteiger partial charge in [-0.3, -0.25) is 0 Å². The van der Waals surface area contributed by atoms with Gasteiger partial charge in [0, 0.05) is 5.54 Å². The maximum Gasteiger partial charge on any atom is 0.0612 e. The van der Waals surface area contributed by atoms with Gasteiger partial charge in [0.2, 0.25) is 0 Å². The lowest BCUT2D eigenvalue weighted by Gasteiger charge is -2.31. The van der Waals surface area contributed by atoms with Crippen molar-refractivity contribution in [3.05, 3.63) is 0 Å². The van der Waals surface area contributed by atoms with E-state index in [2.05, 4.69) is 5.32 Å². The molecule has 0 aromatic rings. The molecule has 0 spiro atoms. The fourth-order valence-electron chi connectivity index (χ4n) is 1.08. The Morgan fingerprint density at radius 3 is 2.20 bits per heavy atom. The van der Waals surface area contributed by atoms with Crippen LogP contribution in [0.25, 0.3) is 0 Å². The van der Waals surface area contributed by atoms with Gasteiger partial charge in [-0.15, -0.1) is 12.4 Å². The van der Waals surface area contributed by atoms with Gasteiger partial charge in [-0.05, 0) is 25.9 Å². The maximum atomic E-state index is 8.80. The van der Waals surface area contributed by atoms with Crippen molar-refractivity contribution in [2.24, 2.45) is 5.73 Å². The molecule has 0 aromatic carbocycles. The Hall–Kier alpha value is 0.170. The molecular formula is C6H15ClN2O. The predicted molar refractivity (Wildman–Crippen MR) is 43.4 cm³/mol. The second-order valence-electron chi connectivity index (χ2n) is 2.77. The van der Waals surface area contributed by atoms with Gasteiger partial charge in [0.25, 0.3) is 0 Å². The van der Waals surface area contributed by atoms with Crippen LogP contribution in [0.1, 0.15) is 12.8 Å². The first-order valence-corrected chi connectivity index (χ1v) is 3.37. The topological polar surface area (TPSA) is 58.3 Å². The molecule has 1 fully saturated rings. The predicted octanol–water partition coefficient (Wildman–Crippen LogP) is -0.519. The first-order valence-electron chi connectivity index (χ1n) is 3.37. The molecule has 0 atom stereocenters. The van der Waals surface area contributed by atoms with Gasteiger partial charge >= 0.3 is 0 Å². The molecule has 1 rings (SSSR count). The summed E-state index contributed by atoms with van der Waals surface area (Å²) in [7, 11) is 0. The van der Waals surface area contributed by atoms with Crippen molar-refractivity contribution in [1.82, 2.24) is 5.32 Å². The summed E-state index contributed by atoms with van der Waals surface area (Å²) in [5.41, 5.74) is 5.48. The van der Waals surface area contributed by atoms with Crippen molar-refractivity contribution in [2.75, 3.05) is 19.7 Å². The molecule has 0 radical (unpaired) electrons. The van der Waals surface area contributed by atoms with Gasteiger partial charge in [-0.1, -0.05) is 0 Å². The second-order valence-corrected chi connectivity index (χ2v) is 2.77. The molecule has 1 aliphatic rings. The molecule has 0 aromatic heterocycles. The molecule has 10 heavy (non-hydrogen) atoms. The van der Waals surface area contributed by atoms with E-state index in [1.165, 1.54) is 0 Å². The van der Waals surface area contributed by atoms with Crippen LogP contribution < -0.4 is 11.1 Å². The minimum atomic E-state index is -0.286. The molecule has 0 aliphatic carbocycles. The van der Waals surface area contributed by atoms with Gasteiger partial charge in [0.15, 0.2) is 0 Å². The Morgan fingerprint density at radius 2 is 1.90 bits per heavy atom. The summed E-state index contributed by atoms with van der Waals surface area (Å²) in [5, 5.41) is 12.0. The quantitative estimate of drug-likeness (QED) is 0.492. The SMILES string of the molecule is Cl.NC1(CO)CCNCC1. The Kier molecular flexibility index (Phi) is 4.20. The summed E-state index contributed by atoms with van der Waals surface area (Å²) in [6.07, 6.45) is 1.78. The molecule has 0 bridgehead atoms. The number of nitrogens with one attached hydrogen (secondary N) is 1. The average Bonchev–Trinajstić information content (AvgIpc) is 1.90. The fraction of sp³-hybridized carbons (Fsp3) is 1.00. The minimum absolute atomic E-state index is 0. The Morgan fingerprint density at radius 1 is 1.40 bits per heavy atom. The number of nitrogens with two attached hydrogens (primary N) is 1. The van der Waals surface area contributed by atoms with Crippen LogP contribution >= 0.6 is 12.4 Å². The third-order valence-corrected chi connectivity index (χ3v) is 1.91. The number of rotatable bonds is 1. The van der Waals surface area contributed by atoms with E-state index in [0.29, 0.717) is 0 Å². The normalized spacial score (nSPS) is 23.4. The summed E-state index contributed by atoms with van der Waals surface area (Å²) in [6, 6.07) is 0. The maximum absolute atomic E-state index is 8.80. The molecular weight excluding hydrogens is 152 g/mol. The largest absolute Gasteiger partial charge is 0.394 e. The molecule has 4 heteroatoms. The van der Waals surface area contributed by atoms with Crippen molar-refractivity contribution in [2.45, 2.75) is 18.4 Å². The van der Waals surface area contributed by atoms with Crippen molar-refractivity contribution in [1.29, 1.82) is 0 Å². The van der Waals surface area contributed by atoms with E-state index >= 15 is 0 Å². The number of hydrogen-bond acceptors (Lipinski definition) is 3. The monoisotopic (exact) mass is 166 g/mol. The van der Waals surface area contributed by atoms with E-state index in [1.54, 1.807) is 0 Å². The summed E-state index contributed by atoms with van der Waals surface area (Å²) in [4.78, 5) is 0. The third-order valence-electron chi connectivity index (χ3n) is 1.91. The summed E-state index contributed by atoms with van der Waals surface area (Å²) < 4.78 is 0. The van der Waals surface area contributed by atoms with E-state index in [-0.39, 0.29) is 24.6 Å². The number of aliphatic hydroxyl groups excluding tert-OH is 1. The van der Waals surface area contributed by atoms with Crippen molar-refractivity contribution < 1.29 is 5.11 Å². The molecule has 0 unspecified atom stereocenters. The zero-order valence-electron chi connectivity index (χ0n) is 5.97. The van der Waals surface area contributed by atoms with E-state index in [1.807, 2.05) is 0 Å². The van der Waals surface area contributed by atoms with E-state index < -0.39 is 0 Å². The first-order chi connectivity index (χ1) is 4.27. The second kappa shape index (κ2) is 4.13. The van der Waals surface area contributed by atoms with Crippen LogP contribution in [-0.2, 0) is 0 Å². The zero-order chi connectivity index (χ0) is 6.74. The Bertz CT molecular complexity index is 93.7. The van der Waals surface area contributed by atoms with Crippen LogP contribution in [0, 0.1) is 0 Å². The molecule has 62 valence electrons. The van der Waals surface area contributed by atoms with Crippen LogP contribution in [0.3, 0.4) is 0 Å². The van der Waals surface area contributed by atoms with Crippen LogP contribution in [0.2, 0.25) is 0 Å². The van der Waals surface area contributed by atoms with Crippen LogP contribution in [-0.4, -0.2) is 30.3 Å². The van der Waals surface area contributed by atoms with E-state index in [0.717, 1.165) is 25.9 Å². The van der Waals surface area contributed by atoms with Crippen LogP contribution in [0.15, 0.2) is 0 Å². The lowest BCUT2D eigenvalue weighted by Crippen LogP contribution is -2.51. The first kappa shape index (κ1) is 10.2. The molecule has 4 N–H and O–H groups in total. The lowest BCUT2D eigenvalue weighted by atomic mass is 9.91. The summed E-state index contributed by atoms with van der Waals surface area (Å²) >= 11 is 0. The number of aliphatic hydroxyl groups is 1. The smallest absolute Gasteiger partial charge is 0.0612 e. The van der Waals surface area contributed by atoms with Gasteiger partial charge < -0.3 is 16.2 Å². The Labute approximate surface area is 67.4 Å². The molecule has 1 saturated heterocycles. The standard InChI is InChI=1S/C6H14N2O.ClH/c7-6(5-9)1-3-8-4-2-6;/h8-9H,1-5,7H2;1H. The highest BCUT2D eigenvalue weighted by atomic mass is 35.5. The molecule has 1 heterocycles. The molecule has 3 nitrogen and oxygen atoms in total. The van der Waals surface area contributed by atoms with E-state index in [4.69, 9.17) is 10.8 Å². The van der Waals surface area contributed by atoms with Gasteiger partial charge in [0.05, 0.1) is 6.61 Å².